The van der Waals surface area contributed by atoms with Gasteiger partial charge in [-0.3, -0.25) is 0 Å². The van der Waals surface area contributed by atoms with Crippen LogP contribution in [0, 0.1) is 0 Å². The average molecular weight is 169 g/mol. The summed E-state index contributed by atoms with van der Waals surface area (Å²) < 4.78 is 0. The summed E-state index contributed by atoms with van der Waals surface area (Å²) in [5.41, 5.74) is 11.2. The fourth-order valence-corrected chi connectivity index (χ4v) is 0.770. The minimum Gasteiger partial charge on any atom is -0.478 e. The first-order chi connectivity index (χ1) is 5.13. The van der Waals surface area contributed by atoms with Crippen molar-refractivity contribution in [1.82, 2.24) is 6.15 Å². The lowest BCUT2D eigenvalue weighted by Crippen LogP contribution is -2.04. The number of nitrogens with two attached hydrogens (primary N) is 2. The van der Waals surface area contributed by atoms with Gasteiger partial charge in [-0.2, -0.15) is 0 Å². The van der Waals surface area contributed by atoms with Crippen molar-refractivity contribution in [3.05, 3.63) is 23.8 Å². The van der Waals surface area contributed by atoms with E-state index in [-0.39, 0.29) is 17.4 Å². The Bertz CT molecular complexity index is 299. The number of hydrogen-bond acceptors (Lipinski definition) is 4. The number of carbonyl (C=O) groups is 1. The van der Waals surface area contributed by atoms with Crippen molar-refractivity contribution in [2.45, 2.75) is 0 Å². The molecule has 0 saturated carbocycles. The van der Waals surface area contributed by atoms with E-state index in [1.807, 2.05) is 0 Å². The van der Waals surface area contributed by atoms with Gasteiger partial charge in [0.25, 0.3) is 0 Å². The molecule has 0 aliphatic rings. The monoisotopic (exact) mass is 169 g/mol. The van der Waals surface area contributed by atoms with Crippen LogP contribution in [0.15, 0.2) is 18.2 Å². The molecule has 1 aromatic rings. The largest absolute Gasteiger partial charge is 0.478 e. The molecule has 5 heteroatoms. The fraction of sp³-hybridized carbons (Fsp3) is 0. The molecule has 0 aromatic heterocycles. The Labute approximate surface area is 69.6 Å². The van der Waals surface area contributed by atoms with Gasteiger partial charge in [0.2, 0.25) is 0 Å². The van der Waals surface area contributed by atoms with Crippen LogP contribution in [0.25, 0.3) is 0 Å². The van der Waals surface area contributed by atoms with Crippen LogP contribution in [0.4, 0.5) is 11.4 Å². The normalized spacial score (nSPS) is 8.67. The van der Waals surface area contributed by atoms with Crippen molar-refractivity contribution in [3.8, 4) is 0 Å². The minimum atomic E-state index is -1.06. The maximum absolute atomic E-state index is 10.4. The zero-order chi connectivity index (χ0) is 8.43. The standard InChI is InChI=1S/C7H8N2O2.H3N/c8-5-3-1-2-4(6(5)9)7(10)11;/h1-3H,8-9H2,(H,10,11);1H3. The second-order valence-electron chi connectivity index (χ2n) is 2.11. The molecule has 5 nitrogen and oxygen atoms in total. The van der Waals surface area contributed by atoms with E-state index in [0.717, 1.165) is 0 Å². The summed E-state index contributed by atoms with van der Waals surface area (Å²) in [6.07, 6.45) is 0. The molecule has 0 spiro atoms. The Morgan fingerprint density at radius 3 is 2.33 bits per heavy atom. The van der Waals surface area contributed by atoms with Crippen LogP contribution in [-0.2, 0) is 0 Å². The first kappa shape index (κ1) is 10.2. The van der Waals surface area contributed by atoms with E-state index >= 15 is 0 Å². The molecule has 12 heavy (non-hydrogen) atoms. The molecule has 0 aliphatic carbocycles. The highest BCUT2D eigenvalue weighted by atomic mass is 16.4. The number of nitrogen functional groups attached to an aromatic ring is 2. The molecule has 0 radical (unpaired) electrons. The minimum absolute atomic E-state index is 0. The summed E-state index contributed by atoms with van der Waals surface area (Å²) in [6, 6.07) is 4.52. The highest BCUT2D eigenvalue weighted by Gasteiger charge is 2.07. The quantitative estimate of drug-likeness (QED) is 0.461. The molecule has 0 atom stereocenters. The van der Waals surface area contributed by atoms with Crippen LogP contribution in [0.2, 0.25) is 0 Å². The number of carboxylic acid groups (broad SMARTS) is 1. The van der Waals surface area contributed by atoms with Gasteiger partial charge in [0.15, 0.2) is 0 Å². The Balaban J connectivity index is 0.00000121. The second kappa shape index (κ2) is 3.59. The van der Waals surface area contributed by atoms with Crippen LogP contribution in [0.1, 0.15) is 10.4 Å². The third-order valence-corrected chi connectivity index (χ3v) is 1.37. The van der Waals surface area contributed by atoms with Crippen LogP contribution in [0.3, 0.4) is 0 Å². The van der Waals surface area contributed by atoms with Crippen LogP contribution >= 0.6 is 0 Å². The SMILES string of the molecule is N.Nc1cccc(C(=O)O)c1N. The lowest BCUT2D eigenvalue weighted by atomic mass is 10.1. The summed E-state index contributed by atoms with van der Waals surface area (Å²) in [5.74, 6) is -1.06. The van der Waals surface area contributed by atoms with Gasteiger partial charge in [0, 0.05) is 0 Å². The predicted molar refractivity (Wildman–Crippen MR) is 47.2 cm³/mol. The Hall–Kier alpha value is -1.75. The van der Waals surface area contributed by atoms with E-state index in [9.17, 15) is 4.79 Å². The van der Waals surface area contributed by atoms with Crippen molar-refractivity contribution in [1.29, 1.82) is 0 Å². The summed E-state index contributed by atoms with van der Waals surface area (Å²) in [6.45, 7) is 0. The van der Waals surface area contributed by atoms with Gasteiger partial charge in [-0.25, -0.2) is 4.79 Å². The second-order valence-corrected chi connectivity index (χ2v) is 2.11. The van der Waals surface area contributed by atoms with Gasteiger partial charge in [-0.05, 0) is 12.1 Å². The first-order valence-corrected chi connectivity index (χ1v) is 3.00. The molecule has 0 heterocycles. The van der Waals surface area contributed by atoms with E-state index in [1.165, 1.54) is 6.07 Å². The van der Waals surface area contributed by atoms with Crippen molar-refractivity contribution >= 4 is 17.3 Å². The maximum atomic E-state index is 10.4. The first-order valence-electron chi connectivity index (χ1n) is 3.00. The van der Waals surface area contributed by atoms with Gasteiger partial charge in [0.05, 0.1) is 16.9 Å². The van der Waals surface area contributed by atoms with Gasteiger partial charge >= 0.3 is 5.97 Å². The molecule has 0 amide bonds. The summed E-state index contributed by atoms with van der Waals surface area (Å²) >= 11 is 0. The fourth-order valence-electron chi connectivity index (χ4n) is 0.770. The van der Waals surface area contributed by atoms with Crippen LogP contribution < -0.4 is 17.6 Å². The van der Waals surface area contributed by atoms with Gasteiger partial charge in [-0.15, -0.1) is 0 Å². The highest BCUT2D eigenvalue weighted by Crippen LogP contribution is 2.18. The molecule has 0 unspecified atom stereocenters. The molecule has 0 aliphatic heterocycles. The number of rotatable bonds is 1. The van der Waals surface area contributed by atoms with E-state index in [1.54, 1.807) is 12.1 Å². The molecular weight excluding hydrogens is 158 g/mol. The van der Waals surface area contributed by atoms with Crippen molar-refractivity contribution in [3.63, 3.8) is 0 Å². The Morgan fingerprint density at radius 1 is 1.33 bits per heavy atom. The molecule has 1 rings (SSSR count). The number of para-hydroxylation sites is 1. The zero-order valence-electron chi connectivity index (χ0n) is 6.45. The molecular formula is C7H11N3O2. The number of hydrogen-bond donors (Lipinski definition) is 4. The predicted octanol–water partition coefficient (Wildman–Crippen LogP) is 0.711. The van der Waals surface area contributed by atoms with Crippen molar-refractivity contribution in [2.75, 3.05) is 11.5 Å². The molecule has 0 bridgehead atoms. The van der Waals surface area contributed by atoms with Crippen molar-refractivity contribution < 1.29 is 9.90 Å². The van der Waals surface area contributed by atoms with Gasteiger partial charge in [-0.1, -0.05) is 6.07 Å². The van der Waals surface area contributed by atoms with Gasteiger partial charge in [0.1, 0.15) is 0 Å². The number of aromatic carboxylic acids is 1. The third-order valence-electron chi connectivity index (χ3n) is 1.37. The van der Waals surface area contributed by atoms with Crippen LogP contribution in [-0.4, -0.2) is 11.1 Å². The smallest absolute Gasteiger partial charge is 0.337 e. The summed E-state index contributed by atoms with van der Waals surface area (Å²) in [7, 11) is 0. The third kappa shape index (κ3) is 1.64. The van der Waals surface area contributed by atoms with Crippen molar-refractivity contribution in [2.24, 2.45) is 0 Å². The highest BCUT2D eigenvalue weighted by molar-refractivity contribution is 5.96. The van der Waals surface area contributed by atoms with Crippen LogP contribution in [0.5, 0.6) is 0 Å². The Morgan fingerprint density at radius 2 is 1.92 bits per heavy atom. The molecule has 0 fully saturated rings. The van der Waals surface area contributed by atoms with E-state index < -0.39 is 5.97 Å². The van der Waals surface area contributed by atoms with E-state index in [4.69, 9.17) is 16.6 Å². The molecule has 66 valence electrons. The number of anilines is 2. The summed E-state index contributed by atoms with van der Waals surface area (Å²) in [4.78, 5) is 10.4. The molecule has 0 saturated heterocycles. The number of carboxylic acids is 1. The van der Waals surface area contributed by atoms with E-state index in [2.05, 4.69) is 0 Å². The molecule has 1 aromatic carbocycles. The average Bonchev–Trinajstić information content (AvgIpc) is 1.94. The van der Waals surface area contributed by atoms with E-state index in [0.29, 0.717) is 5.69 Å². The lowest BCUT2D eigenvalue weighted by Gasteiger charge is -2.01. The summed E-state index contributed by atoms with van der Waals surface area (Å²) in [5, 5.41) is 8.55. The Kier molecular flexibility index (Phi) is 3.06. The topological polar surface area (TPSA) is 124 Å². The van der Waals surface area contributed by atoms with Gasteiger partial charge < -0.3 is 22.7 Å². The maximum Gasteiger partial charge on any atom is 0.337 e. The zero-order valence-corrected chi connectivity index (χ0v) is 6.45. The molecule has 8 N–H and O–H groups in total. The number of benzene rings is 1. The lowest BCUT2D eigenvalue weighted by molar-refractivity contribution is 0.0698.